The number of hydrogen-bond acceptors (Lipinski definition) is 6. The lowest BCUT2D eigenvalue weighted by Crippen LogP contribution is -2.55. The fourth-order valence-corrected chi connectivity index (χ4v) is 3.78. The number of aliphatic hydroxyl groups excluding tert-OH is 1. The molecule has 0 fully saturated rings. The van der Waals surface area contributed by atoms with Gasteiger partial charge in [-0.1, -0.05) is 45.4 Å². The van der Waals surface area contributed by atoms with Crippen molar-refractivity contribution in [2.75, 3.05) is 13.2 Å². The molecule has 0 radical (unpaired) electrons. The van der Waals surface area contributed by atoms with Crippen LogP contribution in [0.25, 0.3) is 0 Å². The summed E-state index contributed by atoms with van der Waals surface area (Å²) in [5.74, 6) is -1.49. The number of aryl methyl sites for hydroxylation is 1. The molecule has 0 aliphatic rings. The average molecular weight is 494 g/mol. The summed E-state index contributed by atoms with van der Waals surface area (Å²) in [6, 6.07) is 2.59. The number of phenols is 1. The summed E-state index contributed by atoms with van der Waals surface area (Å²) in [7, 11) is 0. The Balaban J connectivity index is 3.49. The molecule has 0 heterocycles. The molecule has 4 N–H and O–H groups in total. The highest BCUT2D eigenvalue weighted by molar-refractivity contribution is 5.92. The molecule has 3 unspecified atom stereocenters. The number of ether oxygens (including phenoxy) is 1. The lowest BCUT2D eigenvalue weighted by atomic mass is 9.96. The SMILES string of the molecule is CCCC(C)NC(=O)C(c1cccc(C)c1O)N(CCO)C(=O)C(NC(=O)OC(C)(C)C)C(C)C. The molecular weight excluding hydrogens is 450 g/mol. The van der Waals surface area contributed by atoms with Crippen LogP contribution in [0.3, 0.4) is 0 Å². The van der Waals surface area contributed by atoms with Gasteiger partial charge in [-0.3, -0.25) is 9.59 Å². The Labute approximate surface area is 209 Å². The maximum atomic E-state index is 13.8. The van der Waals surface area contributed by atoms with E-state index in [2.05, 4.69) is 10.6 Å². The molecular formula is C26H43N3O6. The average Bonchev–Trinajstić information content (AvgIpc) is 2.72. The monoisotopic (exact) mass is 493 g/mol. The second-order valence-corrected chi connectivity index (χ2v) is 10.2. The number of aliphatic hydroxyl groups is 1. The molecule has 35 heavy (non-hydrogen) atoms. The van der Waals surface area contributed by atoms with Crippen LogP contribution in [0.1, 0.15) is 78.5 Å². The molecule has 1 aromatic rings. The Hall–Kier alpha value is -2.81. The van der Waals surface area contributed by atoms with E-state index in [1.807, 2.05) is 13.8 Å². The van der Waals surface area contributed by atoms with E-state index < -0.39 is 42.2 Å². The highest BCUT2D eigenvalue weighted by Gasteiger charge is 2.38. The molecule has 0 bridgehead atoms. The molecule has 198 valence electrons. The van der Waals surface area contributed by atoms with Gasteiger partial charge in [-0.25, -0.2) is 4.79 Å². The zero-order chi connectivity index (χ0) is 26.9. The van der Waals surface area contributed by atoms with Gasteiger partial charge >= 0.3 is 6.09 Å². The standard InChI is InChI=1S/C26H43N3O6/c1-9-11-18(5)27-23(32)21(19-13-10-12-17(4)22(19)31)29(14-15-30)24(33)20(16(2)3)28-25(34)35-26(6,7)8/h10,12-13,16,18,20-21,30-31H,9,11,14-15H2,1-8H3,(H,27,32)(H,28,34). The first-order valence-corrected chi connectivity index (χ1v) is 12.2. The number of nitrogens with one attached hydrogen (secondary N) is 2. The fraction of sp³-hybridized carbons (Fsp3) is 0.654. The van der Waals surface area contributed by atoms with E-state index in [0.29, 0.717) is 5.56 Å². The van der Waals surface area contributed by atoms with E-state index in [1.54, 1.807) is 59.7 Å². The third kappa shape index (κ3) is 9.05. The Morgan fingerprint density at radius 1 is 1.11 bits per heavy atom. The Morgan fingerprint density at radius 3 is 2.26 bits per heavy atom. The second-order valence-electron chi connectivity index (χ2n) is 10.2. The quantitative estimate of drug-likeness (QED) is 0.374. The van der Waals surface area contributed by atoms with Crippen molar-refractivity contribution in [2.24, 2.45) is 5.92 Å². The first-order chi connectivity index (χ1) is 16.2. The van der Waals surface area contributed by atoms with Crippen molar-refractivity contribution in [1.29, 1.82) is 0 Å². The summed E-state index contributed by atoms with van der Waals surface area (Å²) in [5, 5.41) is 26.1. The number of carbonyl (C=O) groups is 3. The van der Waals surface area contributed by atoms with Crippen LogP contribution in [0, 0.1) is 12.8 Å². The lowest BCUT2D eigenvalue weighted by Gasteiger charge is -2.36. The number of alkyl carbamates (subject to hydrolysis) is 1. The van der Waals surface area contributed by atoms with Gasteiger partial charge in [0.25, 0.3) is 0 Å². The summed E-state index contributed by atoms with van der Waals surface area (Å²) in [5.41, 5.74) is 0.0309. The van der Waals surface area contributed by atoms with Gasteiger partial charge in [0.1, 0.15) is 23.4 Å². The van der Waals surface area contributed by atoms with Crippen LogP contribution in [0.2, 0.25) is 0 Å². The Bertz CT molecular complexity index is 865. The minimum Gasteiger partial charge on any atom is -0.507 e. The number of benzene rings is 1. The zero-order valence-corrected chi connectivity index (χ0v) is 22.3. The number of phenolic OH excluding ortho intramolecular Hbond substituents is 1. The molecule has 0 aliphatic heterocycles. The van der Waals surface area contributed by atoms with Crippen molar-refractivity contribution in [3.8, 4) is 5.75 Å². The van der Waals surface area contributed by atoms with Crippen LogP contribution >= 0.6 is 0 Å². The molecule has 1 aromatic carbocycles. The summed E-state index contributed by atoms with van der Waals surface area (Å²) in [6.45, 7) is 13.7. The van der Waals surface area contributed by atoms with E-state index >= 15 is 0 Å². The summed E-state index contributed by atoms with van der Waals surface area (Å²) in [6.07, 6.45) is 0.835. The van der Waals surface area contributed by atoms with E-state index in [9.17, 15) is 24.6 Å². The highest BCUT2D eigenvalue weighted by Crippen LogP contribution is 2.32. The molecule has 3 atom stereocenters. The molecule has 0 aliphatic carbocycles. The van der Waals surface area contributed by atoms with Gasteiger partial charge < -0.3 is 30.5 Å². The number of aromatic hydroxyl groups is 1. The van der Waals surface area contributed by atoms with Crippen molar-refractivity contribution >= 4 is 17.9 Å². The lowest BCUT2D eigenvalue weighted by molar-refractivity contribution is -0.144. The summed E-state index contributed by atoms with van der Waals surface area (Å²) >= 11 is 0. The third-order valence-corrected chi connectivity index (χ3v) is 5.46. The van der Waals surface area contributed by atoms with Gasteiger partial charge in [0.05, 0.1) is 6.61 Å². The summed E-state index contributed by atoms with van der Waals surface area (Å²) < 4.78 is 5.33. The van der Waals surface area contributed by atoms with Gasteiger partial charge in [-0.2, -0.15) is 0 Å². The van der Waals surface area contributed by atoms with Crippen LogP contribution in [0.4, 0.5) is 4.79 Å². The molecule has 3 amide bonds. The molecule has 0 spiro atoms. The number of hydrogen-bond donors (Lipinski definition) is 4. The van der Waals surface area contributed by atoms with Gasteiger partial charge in [0.2, 0.25) is 11.8 Å². The van der Waals surface area contributed by atoms with Gasteiger partial charge in [-0.15, -0.1) is 0 Å². The Kier molecular flexibility index (Phi) is 11.5. The molecule has 0 saturated heterocycles. The molecule has 9 heteroatoms. The minimum absolute atomic E-state index is 0.104. The van der Waals surface area contributed by atoms with E-state index in [1.165, 1.54) is 4.90 Å². The number of para-hydroxylation sites is 1. The second kappa shape index (κ2) is 13.3. The Morgan fingerprint density at radius 2 is 1.74 bits per heavy atom. The van der Waals surface area contributed by atoms with Crippen molar-refractivity contribution < 1.29 is 29.3 Å². The van der Waals surface area contributed by atoms with Crippen LogP contribution in [0.15, 0.2) is 18.2 Å². The normalized spacial score (nSPS) is 14.1. The third-order valence-electron chi connectivity index (χ3n) is 5.46. The number of rotatable bonds is 11. The van der Waals surface area contributed by atoms with E-state index in [0.717, 1.165) is 12.8 Å². The fourth-order valence-electron chi connectivity index (χ4n) is 3.78. The number of nitrogens with zero attached hydrogens (tertiary/aromatic N) is 1. The van der Waals surface area contributed by atoms with E-state index in [4.69, 9.17) is 4.74 Å². The van der Waals surface area contributed by atoms with Gasteiger partial charge in [0, 0.05) is 18.2 Å². The largest absolute Gasteiger partial charge is 0.507 e. The first-order valence-electron chi connectivity index (χ1n) is 12.2. The van der Waals surface area contributed by atoms with Crippen molar-refractivity contribution in [1.82, 2.24) is 15.5 Å². The maximum absolute atomic E-state index is 13.8. The van der Waals surface area contributed by atoms with Crippen LogP contribution in [-0.4, -0.2) is 63.9 Å². The van der Waals surface area contributed by atoms with Crippen molar-refractivity contribution in [3.05, 3.63) is 29.3 Å². The van der Waals surface area contributed by atoms with Crippen LogP contribution < -0.4 is 10.6 Å². The zero-order valence-electron chi connectivity index (χ0n) is 22.3. The van der Waals surface area contributed by atoms with Crippen molar-refractivity contribution in [2.45, 2.75) is 92.0 Å². The number of carbonyl (C=O) groups excluding carboxylic acids is 3. The predicted octanol–water partition coefficient (Wildman–Crippen LogP) is 3.42. The van der Waals surface area contributed by atoms with Gasteiger partial charge in [-0.05, 0) is 52.5 Å². The van der Waals surface area contributed by atoms with Crippen LogP contribution in [0.5, 0.6) is 5.75 Å². The summed E-state index contributed by atoms with van der Waals surface area (Å²) in [4.78, 5) is 41.0. The molecule has 1 rings (SSSR count). The van der Waals surface area contributed by atoms with Crippen molar-refractivity contribution in [3.63, 3.8) is 0 Å². The molecule has 9 nitrogen and oxygen atoms in total. The molecule has 0 aromatic heterocycles. The molecule has 0 saturated carbocycles. The predicted molar refractivity (Wildman–Crippen MR) is 135 cm³/mol. The van der Waals surface area contributed by atoms with Gasteiger partial charge in [0.15, 0.2) is 0 Å². The van der Waals surface area contributed by atoms with E-state index in [-0.39, 0.29) is 29.8 Å². The minimum atomic E-state index is -1.21. The maximum Gasteiger partial charge on any atom is 0.408 e. The van der Waals surface area contributed by atoms with Crippen LogP contribution in [-0.2, 0) is 14.3 Å². The highest BCUT2D eigenvalue weighted by atomic mass is 16.6. The first kappa shape index (κ1) is 30.2. The smallest absolute Gasteiger partial charge is 0.408 e. The topological polar surface area (TPSA) is 128 Å². The number of amides is 3.